The van der Waals surface area contributed by atoms with Gasteiger partial charge < -0.3 is 5.11 Å². The van der Waals surface area contributed by atoms with Gasteiger partial charge in [-0.3, -0.25) is 9.69 Å². The molecule has 1 aromatic rings. The van der Waals surface area contributed by atoms with E-state index in [4.69, 9.17) is 11.6 Å². The molecule has 0 amide bonds. The van der Waals surface area contributed by atoms with Crippen LogP contribution in [0, 0.1) is 0 Å². The average molecular weight is 333 g/mol. The molecule has 98 valence electrons. The highest BCUT2D eigenvalue weighted by Crippen LogP contribution is 2.32. The molecule has 2 rings (SSSR count). The summed E-state index contributed by atoms with van der Waals surface area (Å²) in [5.74, 6) is -0.758. The van der Waals surface area contributed by atoms with Crippen LogP contribution >= 0.6 is 27.5 Å². The molecule has 1 saturated heterocycles. The lowest BCUT2D eigenvalue weighted by molar-refractivity contribution is -0.148. The first-order valence-corrected chi connectivity index (χ1v) is 7.03. The fraction of sp³-hybridized carbons (Fsp3) is 0.462. The predicted octanol–water partition coefficient (Wildman–Crippen LogP) is 3.54. The second-order valence-corrected chi connectivity index (χ2v) is 6.16. The van der Waals surface area contributed by atoms with Gasteiger partial charge in [0.15, 0.2) is 0 Å². The minimum absolute atomic E-state index is 0.571. The fourth-order valence-corrected chi connectivity index (χ4v) is 2.97. The zero-order chi connectivity index (χ0) is 13.3. The van der Waals surface area contributed by atoms with Crippen molar-refractivity contribution in [2.24, 2.45) is 0 Å². The number of carboxylic acid groups (broad SMARTS) is 1. The quantitative estimate of drug-likeness (QED) is 0.920. The second-order valence-electron chi connectivity index (χ2n) is 4.84. The molecule has 0 aliphatic carbocycles. The summed E-state index contributed by atoms with van der Waals surface area (Å²) in [7, 11) is 0. The zero-order valence-corrected chi connectivity index (χ0v) is 12.5. The van der Waals surface area contributed by atoms with Gasteiger partial charge in [-0.05, 0) is 50.1 Å². The molecule has 1 aliphatic rings. The van der Waals surface area contributed by atoms with E-state index in [1.54, 1.807) is 6.92 Å². The molecule has 5 heteroatoms. The van der Waals surface area contributed by atoms with E-state index in [-0.39, 0.29) is 0 Å². The van der Waals surface area contributed by atoms with E-state index >= 15 is 0 Å². The molecule has 18 heavy (non-hydrogen) atoms. The summed E-state index contributed by atoms with van der Waals surface area (Å²) in [4.78, 5) is 13.4. The molecule has 1 aliphatic heterocycles. The van der Waals surface area contributed by atoms with Crippen molar-refractivity contribution < 1.29 is 9.90 Å². The molecule has 0 radical (unpaired) electrons. The Bertz CT molecular complexity index is 480. The maximum Gasteiger partial charge on any atom is 0.323 e. The van der Waals surface area contributed by atoms with Crippen molar-refractivity contribution in [1.82, 2.24) is 4.90 Å². The molecule has 0 bridgehead atoms. The topological polar surface area (TPSA) is 40.5 Å². The van der Waals surface area contributed by atoms with E-state index in [1.165, 1.54) is 0 Å². The SMILES string of the molecule is CC1(C(=O)O)CCCN1Cc1cc(Br)ccc1Cl. The Morgan fingerprint density at radius 2 is 2.33 bits per heavy atom. The van der Waals surface area contributed by atoms with E-state index in [9.17, 15) is 9.90 Å². The first-order valence-electron chi connectivity index (χ1n) is 5.86. The maximum atomic E-state index is 11.4. The predicted molar refractivity (Wildman–Crippen MR) is 74.8 cm³/mol. The van der Waals surface area contributed by atoms with E-state index < -0.39 is 11.5 Å². The minimum Gasteiger partial charge on any atom is -0.480 e. The zero-order valence-electron chi connectivity index (χ0n) is 10.1. The van der Waals surface area contributed by atoms with Crippen LogP contribution in [-0.2, 0) is 11.3 Å². The Morgan fingerprint density at radius 1 is 1.61 bits per heavy atom. The summed E-state index contributed by atoms with van der Waals surface area (Å²) in [5.41, 5.74) is 0.187. The summed E-state index contributed by atoms with van der Waals surface area (Å²) < 4.78 is 0.957. The van der Waals surface area contributed by atoms with Gasteiger partial charge in [-0.15, -0.1) is 0 Å². The molecule has 1 N–H and O–H groups in total. The lowest BCUT2D eigenvalue weighted by Gasteiger charge is -2.31. The second kappa shape index (κ2) is 5.19. The van der Waals surface area contributed by atoms with Gasteiger partial charge in [0, 0.05) is 16.0 Å². The van der Waals surface area contributed by atoms with Gasteiger partial charge in [0.25, 0.3) is 0 Å². The molecule has 1 heterocycles. The lowest BCUT2D eigenvalue weighted by atomic mass is 9.99. The highest BCUT2D eigenvalue weighted by atomic mass is 79.9. The van der Waals surface area contributed by atoms with Crippen molar-refractivity contribution in [3.05, 3.63) is 33.3 Å². The highest BCUT2D eigenvalue weighted by molar-refractivity contribution is 9.10. The maximum absolute atomic E-state index is 11.4. The van der Waals surface area contributed by atoms with Gasteiger partial charge in [0.1, 0.15) is 5.54 Å². The number of nitrogens with zero attached hydrogens (tertiary/aromatic N) is 1. The van der Waals surface area contributed by atoms with Crippen LogP contribution in [0.15, 0.2) is 22.7 Å². The van der Waals surface area contributed by atoms with Crippen LogP contribution < -0.4 is 0 Å². The summed E-state index contributed by atoms with van der Waals surface area (Å²) in [6, 6.07) is 5.66. The van der Waals surface area contributed by atoms with Crippen LogP contribution in [0.4, 0.5) is 0 Å². The largest absolute Gasteiger partial charge is 0.480 e. The molecule has 1 atom stereocenters. The number of hydrogen-bond acceptors (Lipinski definition) is 2. The summed E-state index contributed by atoms with van der Waals surface area (Å²) >= 11 is 9.56. The summed E-state index contributed by atoms with van der Waals surface area (Å²) in [5, 5.41) is 10.0. The Balaban J connectivity index is 2.23. The Labute approximate surface area is 120 Å². The van der Waals surface area contributed by atoms with Crippen LogP contribution in [0.2, 0.25) is 5.02 Å². The smallest absolute Gasteiger partial charge is 0.323 e. The Kier molecular flexibility index (Phi) is 3.99. The normalized spacial score (nSPS) is 24.4. The third-order valence-corrected chi connectivity index (χ3v) is 4.48. The van der Waals surface area contributed by atoms with E-state index in [2.05, 4.69) is 15.9 Å². The number of rotatable bonds is 3. The molecular formula is C13H15BrClNO2. The number of carbonyl (C=O) groups is 1. The van der Waals surface area contributed by atoms with Gasteiger partial charge in [0.2, 0.25) is 0 Å². The van der Waals surface area contributed by atoms with Crippen molar-refractivity contribution in [2.45, 2.75) is 31.8 Å². The van der Waals surface area contributed by atoms with Gasteiger partial charge in [0.05, 0.1) is 0 Å². The van der Waals surface area contributed by atoms with E-state index in [0.29, 0.717) is 18.0 Å². The van der Waals surface area contributed by atoms with Gasteiger partial charge in [-0.25, -0.2) is 0 Å². The molecular weight excluding hydrogens is 318 g/mol. The third kappa shape index (κ3) is 2.56. The van der Waals surface area contributed by atoms with Crippen molar-refractivity contribution >= 4 is 33.5 Å². The molecule has 0 aromatic heterocycles. The fourth-order valence-electron chi connectivity index (χ4n) is 2.38. The first-order chi connectivity index (χ1) is 8.43. The number of halogens is 2. The van der Waals surface area contributed by atoms with Gasteiger partial charge in [-0.2, -0.15) is 0 Å². The van der Waals surface area contributed by atoms with Gasteiger partial charge >= 0.3 is 5.97 Å². The Hall–Kier alpha value is -0.580. The summed E-state index contributed by atoms with van der Waals surface area (Å²) in [6.07, 6.45) is 1.60. The standard InChI is InChI=1S/C13H15BrClNO2/c1-13(12(17)18)5-2-6-16(13)8-9-7-10(14)3-4-11(9)15/h3-4,7H,2,5-6,8H2,1H3,(H,17,18). The van der Waals surface area contributed by atoms with E-state index in [1.807, 2.05) is 23.1 Å². The molecule has 0 spiro atoms. The number of carboxylic acids is 1. The number of likely N-dealkylation sites (tertiary alicyclic amines) is 1. The number of aliphatic carboxylic acids is 1. The van der Waals surface area contributed by atoms with E-state index in [0.717, 1.165) is 23.0 Å². The first kappa shape index (κ1) is 13.8. The van der Waals surface area contributed by atoms with Gasteiger partial charge in [-0.1, -0.05) is 27.5 Å². The molecule has 3 nitrogen and oxygen atoms in total. The van der Waals surface area contributed by atoms with Crippen LogP contribution in [0.25, 0.3) is 0 Å². The lowest BCUT2D eigenvalue weighted by Crippen LogP contribution is -2.47. The molecule has 1 unspecified atom stereocenters. The van der Waals surface area contributed by atoms with Crippen LogP contribution in [0.3, 0.4) is 0 Å². The molecule has 1 fully saturated rings. The molecule has 0 saturated carbocycles. The Morgan fingerprint density at radius 3 is 3.00 bits per heavy atom. The van der Waals surface area contributed by atoms with Crippen molar-refractivity contribution in [3.63, 3.8) is 0 Å². The average Bonchev–Trinajstić information content (AvgIpc) is 2.67. The van der Waals surface area contributed by atoms with Crippen LogP contribution in [0.1, 0.15) is 25.3 Å². The monoisotopic (exact) mass is 331 g/mol. The van der Waals surface area contributed by atoms with Crippen molar-refractivity contribution in [2.75, 3.05) is 6.54 Å². The van der Waals surface area contributed by atoms with Crippen molar-refractivity contribution in [3.8, 4) is 0 Å². The van der Waals surface area contributed by atoms with Crippen LogP contribution in [-0.4, -0.2) is 28.1 Å². The molecule has 1 aromatic carbocycles. The van der Waals surface area contributed by atoms with Crippen LogP contribution in [0.5, 0.6) is 0 Å². The summed E-state index contributed by atoms with van der Waals surface area (Å²) in [6.45, 7) is 3.15. The third-order valence-electron chi connectivity index (χ3n) is 3.62. The minimum atomic E-state index is -0.772. The highest BCUT2D eigenvalue weighted by Gasteiger charge is 2.43. The van der Waals surface area contributed by atoms with Crippen molar-refractivity contribution in [1.29, 1.82) is 0 Å². The number of hydrogen-bond donors (Lipinski definition) is 1. The number of benzene rings is 1.